The van der Waals surface area contributed by atoms with Crippen molar-refractivity contribution in [3.8, 4) is 33.6 Å². The second-order valence-electron chi connectivity index (χ2n) is 14.9. The lowest BCUT2D eigenvalue weighted by molar-refractivity contribution is 0.0208. The molecule has 2 fully saturated rings. The number of carbonyl (C=O) groups excluding carboxylic acids is 3. The van der Waals surface area contributed by atoms with Crippen LogP contribution in [0.3, 0.4) is 0 Å². The molecule has 3 N–H and O–H groups in total. The minimum atomic E-state index is -0.612. The van der Waals surface area contributed by atoms with Gasteiger partial charge in [0.15, 0.2) is 0 Å². The van der Waals surface area contributed by atoms with Crippen LogP contribution in [0.2, 0.25) is 0 Å². The molecule has 0 unspecified atom stereocenters. The topological polar surface area (TPSA) is 146 Å². The Morgan fingerprint density at radius 1 is 0.720 bits per heavy atom. The number of aromatic nitrogens is 4. The zero-order valence-electron chi connectivity index (χ0n) is 29.9. The highest BCUT2D eigenvalue weighted by molar-refractivity contribution is 5.98. The number of amides is 3. The van der Waals surface area contributed by atoms with Gasteiger partial charge in [-0.3, -0.25) is 14.6 Å². The molecule has 2 aliphatic heterocycles. The predicted molar refractivity (Wildman–Crippen MR) is 190 cm³/mol. The molecule has 0 saturated carbocycles. The molecule has 3 amide bonds. The number of hydrogen-bond donors (Lipinski definition) is 3. The van der Waals surface area contributed by atoms with Gasteiger partial charge in [-0.1, -0.05) is 48.5 Å². The minimum absolute atomic E-state index is 0.145. The van der Waals surface area contributed by atoms with Gasteiger partial charge in [0.25, 0.3) is 5.91 Å². The Hall–Kier alpha value is -5.13. The number of hydrogen-bond acceptors (Lipinski definition) is 7. The summed E-state index contributed by atoms with van der Waals surface area (Å²) in [7, 11) is 1.58. The molecular formula is C38H47N7O5. The minimum Gasteiger partial charge on any atom is -0.444 e. The fourth-order valence-electron chi connectivity index (χ4n) is 6.54. The first-order valence-electron chi connectivity index (χ1n) is 17.3. The third-order valence-corrected chi connectivity index (χ3v) is 8.85. The van der Waals surface area contributed by atoms with E-state index in [2.05, 4.69) is 32.4 Å². The lowest BCUT2D eigenvalue weighted by Gasteiger charge is -2.27. The number of ether oxygens (including phenoxy) is 2. The molecule has 4 aromatic rings. The van der Waals surface area contributed by atoms with Crippen LogP contribution >= 0.6 is 0 Å². The fraction of sp³-hybridized carbons (Fsp3) is 0.447. The van der Waals surface area contributed by atoms with Crippen LogP contribution in [-0.4, -0.2) is 79.2 Å². The Kier molecular flexibility index (Phi) is 9.48. The van der Waals surface area contributed by atoms with Gasteiger partial charge >= 0.3 is 12.2 Å². The van der Waals surface area contributed by atoms with Gasteiger partial charge < -0.3 is 24.8 Å². The molecule has 2 saturated heterocycles. The molecular weight excluding hydrogens is 634 g/mol. The highest BCUT2D eigenvalue weighted by Crippen LogP contribution is 2.36. The number of carbonyl (C=O) groups is 3. The molecule has 2 atom stereocenters. The van der Waals surface area contributed by atoms with Crippen LogP contribution in [0.15, 0.2) is 54.7 Å². The van der Waals surface area contributed by atoms with Crippen molar-refractivity contribution in [1.29, 1.82) is 0 Å². The van der Waals surface area contributed by atoms with Crippen molar-refractivity contribution in [2.75, 3.05) is 20.1 Å². The van der Waals surface area contributed by atoms with Crippen LogP contribution in [0.4, 0.5) is 9.59 Å². The van der Waals surface area contributed by atoms with E-state index in [1.165, 1.54) is 0 Å². The molecule has 2 aliphatic rings. The summed E-state index contributed by atoms with van der Waals surface area (Å²) in [5, 5.41) is 2.70. The quantitative estimate of drug-likeness (QED) is 0.190. The highest BCUT2D eigenvalue weighted by Gasteiger charge is 2.37. The van der Waals surface area contributed by atoms with Gasteiger partial charge in [0.05, 0.1) is 24.0 Å². The summed E-state index contributed by atoms with van der Waals surface area (Å²) in [5.41, 5.74) is 4.39. The summed E-state index contributed by atoms with van der Waals surface area (Å²) in [6, 6.07) is 15.7. The van der Waals surface area contributed by atoms with E-state index in [1.54, 1.807) is 16.8 Å². The average Bonchev–Trinajstić information content (AvgIpc) is 3.88. The van der Waals surface area contributed by atoms with Crippen LogP contribution in [0, 0.1) is 0 Å². The second-order valence-corrected chi connectivity index (χ2v) is 14.9. The number of imidazole rings is 2. The lowest BCUT2D eigenvalue weighted by Crippen LogP contribution is -2.36. The summed E-state index contributed by atoms with van der Waals surface area (Å²) < 4.78 is 11.3. The number of benzene rings is 2. The molecule has 0 spiro atoms. The van der Waals surface area contributed by atoms with Crippen LogP contribution in [0.25, 0.3) is 33.6 Å². The van der Waals surface area contributed by atoms with Crippen molar-refractivity contribution in [2.45, 2.75) is 90.5 Å². The van der Waals surface area contributed by atoms with Crippen LogP contribution in [-0.2, 0) is 9.47 Å². The average molecular weight is 682 g/mol. The van der Waals surface area contributed by atoms with Crippen molar-refractivity contribution < 1.29 is 23.9 Å². The van der Waals surface area contributed by atoms with E-state index in [4.69, 9.17) is 14.5 Å². The van der Waals surface area contributed by atoms with Gasteiger partial charge in [-0.2, -0.15) is 0 Å². The van der Waals surface area contributed by atoms with E-state index in [1.807, 2.05) is 84.1 Å². The second kappa shape index (κ2) is 13.6. The third kappa shape index (κ3) is 7.54. The maximum absolute atomic E-state index is 13.0. The summed E-state index contributed by atoms with van der Waals surface area (Å²) in [6.07, 6.45) is 4.37. The third-order valence-electron chi connectivity index (χ3n) is 8.85. The van der Waals surface area contributed by atoms with Gasteiger partial charge in [0.2, 0.25) is 0 Å². The zero-order chi connectivity index (χ0) is 35.8. The lowest BCUT2D eigenvalue weighted by atomic mass is 10.0. The molecule has 50 heavy (non-hydrogen) atoms. The monoisotopic (exact) mass is 681 g/mol. The van der Waals surface area contributed by atoms with E-state index in [0.29, 0.717) is 30.3 Å². The molecule has 12 heteroatoms. The first-order chi connectivity index (χ1) is 23.7. The SMILES string of the molecule is CNC(=O)c1[nH]c([C@@H]2CCCN2C(=O)OC(C)(C)C)nc1-c1ccc(-c2ccc(-c3cnc([C@@H]4CCCN4C(=O)OC(C)(C)C)[nH]3)cc2)cc1. The molecule has 12 nitrogen and oxygen atoms in total. The molecule has 0 aliphatic carbocycles. The van der Waals surface area contributed by atoms with Crippen molar-refractivity contribution in [3.63, 3.8) is 0 Å². The molecule has 4 heterocycles. The summed E-state index contributed by atoms with van der Waals surface area (Å²) in [6.45, 7) is 12.4. The van der Waals surface area contributed by atoms with Crippen molar-refractivity contribution in [3.05, 3.63) is 72.1 Å². The number of nitrogens with one attached hydrogen (secondary N) is 3. The number of rotatable bonds is 6. The van der Waals surface area contributed by atoms with Gasteiger partial charge in [0.1, 0.15) is 34.2 Å². The van der Waals surface area contributed by atoms with E-state index in [-0.39, 0.29) is 30.2 Å². The zero-order valence-corrected chi connectivity index (χ0v) is 29.9. The summed E-state index contributed by atoms with van der Waals surface area (Å²) >= 11 is 0. The number of H-pyrrole nitrogens is 2. The maximum atomic E-state index is 13.0. The Bertz CT molecular complexity index is 1850. The van der Waals surface area contributed by atoms with E-state index in [0.717, 1.165) is 59.5 Å². The first-order valence-corrected chi connectivity index (χ1v) is 17.3. The van der Waals surface area contributed by atoms with E-state index < -0.39 is 11.2 Å². The van der Waals surface area contributed by atoms with Crippen LogP contribution < -0.4 is 5.32 Å². The molecule has 2 aromatic heterocycles. The van der Waals surface area contributed by atoms with Crippen molar-refractivity contribution in [1.82, 2.24) is 35.1 Å². The molecule has 0 bridgehead atoms. The van der Waals surface area contributed by atoms with Crippen molar-refractivity contribution in [2.24, 2.45) is 0 Å². The van der Waals surface area contributed by atoms with Crippen LogP contribution in [0.1, 0.15) is 101 Å². The largest absolute Gasteiger partial charge is 0.444 e. The van der Waals surface area contributed by atoms with E-state index >= 15 is 0 Å². The van der Waals surface area contributed by atoms with Gasteiger partial charge in [-0.25, -0.2) is 19.6 Å². The molecule has 2 aromatic carbocycles. The predicted octanol–water partition coefficient (Wildman–Crippen LogP) is 7.64. The number of nitrogens with zero attached hydrogens (tertiary/aromatic N) is 4. The fourth-order valence-corrected chi connectivity index (χ4v) is 6.54. The Labute approximate surface area is 293 Å². The highest BCUT2D eigenvalue weighted by atomic mass is 16.6. The summed E-state index contributed by atoms with van der Waals surface area (Å²) in [4.78, 5) is 58.3. The molecule has 0 radical (unpaired) electrons. The smallest absolute Gasteiger partial charge is 0.410 e. The van der Waals surface area contributed by atoms with Crippen molar-refractivity contribution >= 4 is 18.1 Å². The standard InChI is InChI=1S/C38H47N7O5/c1-37(2,3)49-35(47)44-20-8-10-28(44)32-40-22-27(41-32)25-16-12-23(13-17-25)24-14-18-26(19-15-24)30-31(34(46)39-7)43-33(42-30)29-11-9-21-45(29)36(48)50-38(4,5)6/h12-19,22,28-29H,8-11,20-21H2,1-7H3,(H,39,46)(H,40,41)(H,42,43)/t28-,29-/m0/s1. The van der Waals surface area contributed by atoms with E-state index in [9.17, 15) is 14.4 Å². The normalized spacial score (nSPS) is 18.0. The van der Waals surface area contributed by atoms with Crippen LogP contribution in [0.5, 0.6) is 0 Å². The first kappa shape index (κ1) is 34.7. The summed E-state index contributed by atoms with van der Waals surface area (Å²) in [5.74, 6) is 1.04. The van der Waals surface area contributed by atoms with Gasteiger partial charge in [0, 0.05) is 25.7 Å². The Morgan fingerprint density at radius 3 is 1.70 bits per heavy atom. The Balaban J connectivity index is 1.18. The number of likely N-dealkylation sites (tertiary alicyclic amines) is 2. The molecule has 6 rings (SSSR count). The molecule has 264 valence electrons. The Morgan fingerprint density at radius 2 is 1.20 bits per heavy atom. The maximum Gasteiger partial charge on any atom is 0.410 e. The van der Waals surface area contributed by atoms with Gasteiger partial charge in [-0.15, -0.1) is 0 Å². The van der Waals surface area contributed by atoms with Gasteiger partial charge in [-0.05, 0) is 83.9 Å². The number of aromatic amines is 2.